The molecule has 2 nitrogen and oxygen atoms in total. The highest BCUT2D eigenvalue weighted by Crippen LogP contribution is 2.25. The summed E-state index contributed by atoms with van der Waals surface area (Å²) < 4.78 is 26.1. The van der Waals surface area contributed by atoms with Gasteiger partial charge in [-0.15, -0.1) is 0 Å². The minimum Gasteiger partial charge on any atom is -0.396 e. The maximum absolute atomic E-state index is 13.4. The van der Waals surface area contributed by atoms with E-state index in [0.717, 1.165) is 6.07 Å². The highest BCUT2D eigenvalue weighted by Gasteiger charge is 2.19. The van der Waals surface area contributed by atoms with E-state index >= 15 is 0 Å². The fourth-order valence-electron chi connectivity index (χ4n) is 1.64. The van der Waals surface area contributed by atoms with Crippen LogP contribution in [0.1, 0.15) is 24.8 Å². The summed E-state index contributed by atoms with van der Waals surface area (Å²) in [5.41, 5.74) is 6.05. The SMILES string of the molecule is CC(N)C(CCO)c1ccc(F)cc1F. The Balaban J connectivity index is 3.00. The molecular weight excluding hydrogens is 200 g/mol. The molecule has 0 saturated heterocycles. The van der Waals surface area contributed by atoms with E-state index < -0.39 is 11.6 Å². The van der Waals surface area contributed by atoms with E-state index in [-0.39, 0.29) is 18.6 Å². The van der Waals surface area contributed by atoms with Crippen molar-refractivity contribution in [2.45, 2.75) is 25.3 Å². The standard InChI is InChI=1S/C11H15F2NO/c1-7(14)9(4-5-15)10-3-2-8(12)6-11(10)13/h2-3,6-7,9,15H,4-5,14H2,1H3. The van der Waals surface area contributed by atoms with Crippen LogP contribution in [-0.4, -0.2) is 17.8 Å². The molecule has 1 aromatic carbocycles. The third kappa shape index (κ3) is 2.97. The summed E-state index contributed by atoms with van der Waals surface area (Å²) >= 11 is 0. The molecule has 0 radical (unpaired) electrons. The minimum atomic E-state index is -0.608. The molecular formula is C11H15F2NO. The predicted octanol–water partition coefficient (Wildman–Crippen LogP) is 1.78. The third-order valence-electron chi connectivity index (χ3n) is 2.44. The van der Waals surface area contributed by atoms with E-state index in [4.69, 9.17) is 10.8 Å². The van der Waals surface area contributed by atoms with E-state index in [9.17, 15) is 8.78 Å². The quantitative estimate of drug-likeness (QED) is 0.804. The number of nitrogens with two attached hydrogens (primary N) is 1. The summed E-state index contributed by atoms with van der Waals surface area (Å²) in [4.78, 5) is 0. The topological polar surface area (TPSA) is 46.2 Å². The van der Waals surface area contributed by atoms with Crippen molar-refractivity contribution in [1.82, 2.24) is 0 Å². The second-order valence-electron chi connectivity index (χ2n) is 3.64. The molecule has 4 heteroatoms. The Labute approximate surface area is 87.7 Å². The van der Waals surface area contributed by atoms with Gasteiger partial charge in [-0.25, -0.2) is 8.78 Å². The number of hydrogen-bond acceptors (Lipinski definition) is 2. The van der Waals surface area contributed by atoms with Gasteiger partial charge < -0.3 is 10.8 Å². The van der Waals surface area contributed by atoms with Gasteiger partial charge in [0, 0.05) is 24.6 Å². The number of hydrogen-bond donors (Lipinski definition) is 2. The molecule has 84 valence electrons. The van der Waals surface area contributed by atoms with Crippen LogP contribution in [0.25, 0.3) is 0 Å². The number of aliphatic hydroxyl groups is 1. The average molecular weight is 215 g/mol. The van der Waals surface area contributed by atoms with Crippen LogP contribution in [-0.2, 0) is 0 Å². The summed E-state index contributed by atoms with van der Waals surface area (Å²) in [6, 6.07) is 3.14. The van der Waals surface area contributed by atoms with E-state index in [1.165, 1.54) is 12.1 Å². The molecule has 3 N–H and O–H groups in total. The lowest BCUT2D eigenvalue weighted by Crippen LogP contribution is -2.26. The number of aliphatic hydroxyl groups excluding tert-OH is 1. The van der Waals surface area contributed by atoms with E-state index in [2.05, 4.69) is 0 Å². The first-order valence-corrected chi connectivity index (χ1v) is 4.87. The van der Waals surface area contributed by atoms with Crippen LogP contribution in [0.15, 0.2) is 18.2 Å². The summed E-state index contributed by atoms with van der Waals surface area (Å²) in [5, 5.41) is 8.84. The van der Waals surface area contributed by atoms with Crippen LogP contribution in [0.4, 0.5) is 8.78 Å². The van der Waals surface area contributed by atoms with Crippen molar-refractivity contribution in [3.8, 4) is 0 Å². The molecule has 1 rings (SSSR count). The summed E-state index contributed by atoms with van der Waals surface area (Å²) in [7, 11) is 0. The molecule has 0 fully saturated rings. The number of rotatable bonds is 4. The molecule has 0 bridgehead atoms. The Hall–Kier alpha value is -1.00. The predicted molar refractivity (Wildman–Crippen MR) is 54.5 cm³/mol. The number of halogens is 2. The average Bonchev–Trinajstić information content (AvgIpc) is 2.15. The van der Waals surface area contributed by atoms with Gasteiger partial charge in [-0.05, 0) is 25.0 Å². The summed E-state index contributed by atoms with van der Waals surface area (Å²) in [5.74, 6) is -1.50. The van der Waals surface area contributed by atoms with Crippen LogP contribution >= 0.6 is 0 Å². The lowest BCUT2D eigenvalue weighted by molar-refractivity contribution is 0.267. The highest BCUT2D eigenvalue weighted by atomic mass is 19.1. The fourth-order valence-corrected chi connectivity index (χ4v) is 1.64. The van der Waals surface area contributed by atoms with Crippen LogP contribution in [0.2, 0.25) is 0 Å². The molecule has 0 aliphatic carbocycles. The second-order valence-corrected chi connectivity index (χ2v) is 3.64. The second kappa shape index (κ2) is 5.19. The Kier molecular flexibility index (Phi) is 4.17. The molecule has 2 atom stereocenters. The maximum atomic E-state index is 13.4. The van der Waals surface area contributed by atoms with E-state index in [1.807, 2.05) is 0 Å². The molecule has 1 aromatic rings. The molecule has 2 unspecified atom stereocenters. The van der Waals surface area contributed by atoms with Crippen molar-refractivity contribution in [2.75, 3.05) is 6.61 Å². The van der Waals surface area contributed by atoms with E-state index in [1.54, 1.807) is 6.92 Å². The molecule has 0 aliphatic heterocycles. The maximum Gasteiger partial charge on any atom is 0.129 e. The fraction of sp³-hybridized carbons (Fsp3) is 0.455. The Morgan fingerprint density at radius 3 is 2.53 bits per heavy atom. The van der Waals surface area contributed by atoms with Gasteiger partial charge in [0.2, 0.25) is 0 Å². The summed E-state index contributed by atoms with van der Waals surface area (Å²) in [6.07, 6.45) is 0.375. The zero-order chi connectivity index (χ0) is 11.4. The van der Waals surface area contributed by atoms with Crippen LogP contribution in [0.5, 0.6) is 0 Å². The zero-order valence-electron chi connectivity index (χ0n) is 8.58. The normalized spacial score (nSPS) is 15.0. The van der Waals surface area contributed by atoms with Crippen molar-refractivity contribution in [3.05, 3.63) is 35.4 Å². The lowest BCUT2D eigenvalue weighted by atomic mass is 9.90. The van der Waals surface area contributed by atoms with Gasteiger partial charge in [0.25, 0.3) is 0 Å². The van der Waals surface area contributed by atoms with Crippen LogP contribution in [0.3, 0.4) is 0 Å². The zero-order valence-corrected chi connectivity index (χ0v) is 8.58. The van der Waals surface area contributed by atoms with Gasteiger partial charge in [-0.2, -0.15) is 0 Å². The van der Waals surface area contributed by atoms with Crippen LogP contribution in [0, 0.1) is 11.6 Å². The molecule has 0 aliphatic rings. The van der Waals surface area contributed by atoms with Crippen molar-refractivity contribution >= 4 is 0 Å². The smallest absolute Gasteiger partial charge is 0.129 e. The first kappa shape index (κ1) is 12.1. The molecule has 0 heterocycles. The molecule has 0 spiro atoms. The lowest BCUT2D eigenvalue weighted by Gasteiger charge is -2.20. The van der Waals surface area contributed by atoms with Crippen molar-refractivity contribution < 1.29 is 13.9 Å². The van der Waals surface area contributed by atoms with Gasteiger partial charge in [-0.1, -0.05) is 6.07 Å². The molecule has 0 amide bonds. The minimum absolute atomic E-state index is 0.0664. The van der Waals surface area contributed by atoms with Crippen molar-refractivity contribution in [2.24, 2.45) is 5.73 Å². The monoisotopic (exact) mass is 215 g/mol. The van der Waals surface area contributed by atoms with Crippen molar-refractivity contribution in [3.63, 3.8) is 0 Å². The van der Waals surface area contributed by atoms with Crippen LogP contribution < -0.4 is 5.73 Å². The Morgan fingerprint density at radius 1 is 1.40 bits per heavy atom. The van der Waals surface area contributed by atoms with Gasteiger partial charge in [0.1, 0.15) is 11.6 Å². The van der Waals surface area contributed by atoms with Gasteiger partial charge in [0.15, 0.2) is 0 Å². The molecule has 0 aromatic heterocycles. The third-order valence-corrected chi connectivity index (χ3v) is 2.44. The van der Waals surface area contributed by atoms with Gasteiger partial charge in [-0.3, -0.25) is 0 Å². The number of benzene rings is 1. The van der Waals surface area contributed by atoms with Crippen molar-refractivity contribution in [1.29, 1.82) is 0 Å². The Bertz CT molecular complexity index is 328. The largest absolute Gasteiger partial charge is 0.396 e. The first-order chi connectivity index (χ1) is 7.06. The molecule has 0 saturated carbocycles. The highest BCUT2D eigenvalue weighted by molar-refractivity contribution is 5.24. The summed E-state index contributed by atoms with van der Waals surface area (Å²) in [6.45, 7) is 1.67. The first-order valence-electron chi connectivity index (χ1n) is 4.87. The molecule has 15 heavy (non-hydrogen) atoms. The van der Waals surface area contributed by atoms with E-state index in [0.29, 0.717) is 12.0 Å². The Morgan fingerprint density at radius 2 is 2.07 bits per heavy atom. The van der Waals surface area contributed by atoms with Gasteiger partial charge >= 0.3 is 0 Å². The van der Waals surface area contributed by atoms with Gasteiger partial charge in [0.05, 0.1) is 0 Å².